The molecule has 0 aliphatic carbocycles. The Balaban J connectivity index is 1.17. The first-order valence-corrected chi connectivity index (χ1v) is 19.5. The van der Waals surface area contributed by atoms with Crippen molar-refractivity contribution in [2.45, 2.75) is 44.0 Å². The number of hydrogen-bond donors (Lipinski definition) is 3. The average molecular weight is 870 g/mol. The standard InChI is InChI=1S/C30H41I2N5O7S/c1-3-32-28-17-23(31)16-25-26(18-36(2)19-27(25)28)22-5-4-6-24(15-22)45(40,41)33-7-9-42-11-13-44-14-12-43-10-8-37-30(21-39)29(20-38)34-35-37/h3-6,15-17,26,33,38-39H,7-14,18-21H2,1-2H3. The molecule has 4 rings (SSSR count). The molecule has 0 radical (unpaired) electrons. The van der Waals surface area contributed by atoms with E-state index in [1.807, 2.05) is 12.1 Å². The van der Waals surface area contributed by atoms with E-state index in [9.17, 15) is 18.6 Å². The fraction of sp³-hybridized carbons (Fsp3) is 0.500. The van der Waals surface area contributed by atoms with Gasteiger partial charge in [-0.3, -0.25) is 0 Å². The number of aliphatic hydroxyl groups is 2. The third-order valence-corrected chi connectivity index (χ3v) is 11.6. The first-order valence-electron chi connectivity index (χ1n) is 14.6. The molecule has 1 atom stereocenters. The maximum atomic E-state index is 13.1. The van der Waals surface area contributed by atoms with Gasteiger partial charge in [-0.05, 0) is 77.5 Å². The van der Waals surface area contributed by atoms with E-state index in [4.69, 9.17) is 14.2 Å². The van der Waals surface area contributed by atoms with Crippen molar-refractivity contribution in [3.8, 4) is 0 Å². The number of sulfonamides is 1. The van der Waals surface area contributed by atoms with Gasteiger partial charge in [-0.15, -0.1) is 5.10 Å². The Kier molecular flexibility index (Phi) is 14.7. The number of rotatable bonds is 18. The van der Waals surface area contributed by atoms with Crippen molar-refractivity contribution >= 4 is 57.4 Å². The molecule has 0 saturated carbocycles. The van der Waals surface area contributed by atoms with Crippen LogP contribution in [0.4, 0.5) is 0 Å². The molecule has 0 amide bonds. The zero-order valence-corrected chi connectivity index (χ0v) is 30.6. The third-order valence-electron chi connectivity index (χ3n) is 7.24. The molecule has 1 aromatic heterocycles. The molecular formula is C30H41I2N5O7S. The summed E-state index contributed by atoms with van der Waals surface area (Å²) in [5, 5.41) is 26.3. The molecule has 1 unspecified atom stereocenters. The first kappa shape index (κ1) is 36.4. The van der Waals surface area contributed by atoms with Crippen molar-refractivity contribution in [2.75, 3.05) is 59.8 Å². The number of likely N-dealkylation sites (N-methyl/N-ethyl adjacent to an activating group) is 1. The summed E-state index contributed by atoms with van der Waals surface area (Å²) in [6.07, 6.45) is 0. The van der Waals surface area contributed by atoms with Crippen LogP contribution >= 0.6 is 43.3 Å². The predicted octanol–water partition coefficient (Wildman–Crippen LogP) is 2.44. The lowest BCUT2D eigenvalue weighted by atomic mass is 9.85. The van der Waals surface area contributed by atoms with Crippen LogP contribution in [0.1, 0.15) is 40.9 Å². The molecule has 12 nitrogen and oxygen atoms in total. The van der Waals surface area contributed by atoms with E-state index >= 15 is 0 Å². The van der Waals surface area contributed by atoms with Gasteiger partial charge in [-0.25, -0.2) is 17.8 Å². The van der Waals surface area contributed by atoms with Gasteiger partial charge in [-0.2, -0.15) is 0 Å². The van der Waals surface area contributed by atoms with Crippen molar-refractivity contribution in [3.05, 3.63) is 71.6 Å². The van der Waals surface area contributed by atoms with E-state index in [0.717, 1.165) is 18.7 Å². The second kappa shape index (κ2) is 18.2. The monoisotopic (exact) mass is 869 g/mol. The maximum Gasteiger partial charge on any atom is 0.240 e. The Morgan fingerprint density at radius 3 is 2.51 bits per heavy atom. The van der Waals surface area contributed by atoms with Crippen LogP contribution in [-0.4, -0.2) is 102 Å². The van der Waals surface area contributed by atoms with Gasteiger partial charge in [0.15, 0.2) is 0 Å². The van der Waals surface area contributed by atoms with Crippen molar-refractivity contribution in [2.24, 2.45) is 0 Å². The normalized spacial score (nSPS) is 15.8. The molecule has 0 spiro atoms. The van der Waals surface area contributed by atoms with Crippen LogP contribution in [0.5, 0.6) is 0 Å². The highest BCUT2D eigenvalue weighted by molar-refractivity contribution is 14.2. The van der Waals surface area contributed by atoms with Gasteiger partial charge in [0.1, 0.15) is 5.69 Å². The predicted molar refractivity (Wildman–Crippen MR) is 188 cm³/mol. The zero-order valence-electron chi connectivity index (χ0n) is 25.5. The second-order valence-electron chi connectivity index (χ2n) is 10.4. The SMILES string of the molecule is CC=Ic1cc(I)cc2c1CN(C)CC2c1cccc(S(=O)(=O)NCCOCCOCCOCCn2nnc(CO)c2CO)c1. The van der Waals surface area contributed by atoms with Crippen molar-refractivity contribution in [3.63, 3.8) is 0 Å². The average Bonchev–Trinajstić information content (AvgIpc) is 3.43. The molecule has 248 valence electrons. The molecule has 1 aliphatic heterocycles. The Morgan fingerprint density at radius 1 is 1.07 bits per heavy atom. The number of hydrogen-bond acceptors (Lipinski definition) is 10. The van der Waals surface area contributed by atoms with Crippen LogP contribution in [0.15, 0.2) is 41.3 Å². The zero-order chi connectivity index (χ0) is 32.2. The number of nitrogens with zero attached hydrogens (tertiary/aromatic N) is 4. The number of ether oxygens (including phenoxy) is 3. The number of benzene rings is 2. The fourth-order valence-electron chi connectivity index (χ4n) is 5.11. The lowest BCUT2D eigenvalue weighted by molar-refractivity contribution is 0.0135. The van der Waals surface area contributed by atoms with Gasteiger partial charge in [0, 0.05) is 32.7 Å². The molecule has 3 aromatic rings. The Labute approximate surface area is 288 Å². The molecule has 45 heavy (non-hydrogen) atoms. The lowest BCUT2D eigenvalue weighted by Gasteiger charge is -2.34. The van der Waals surface area contributed by atoms with Crippen LogP contribution < -0.4 is 4.72 Å². The minimum atomic E-state index is -3.70. The van der Waals surface area contributed by atoms with Gasteiger partial charge in [0.2, 0.25) is 10.0 Å². The maximum absolute atomic E-state index is 13.1. The Morgan fingerprint density at radius 2 is 1.80 bits per heavy atom. The number of aromatic nitrogens is 3. The van der Waals surface area contributed by atoms with E-state index in [-0.39, 0.29) is 57.9 Å². The molecule has 1 aliphatic rings. The summed E-state index contributed by atoms with van der Waals surface area (Å²) in [6.45, 7) is 5.89. The van der Waals surface area contributed by atoms with Crippen LogP contribution in [0.2, 0.25) is 0 Å². The third kappa shape index (κ3) is 10.3. The largest absolute Gasteiger partial charge is 0.390 e. The summed E-state index contributed by atoms with van der Waals surface area (Å²) < 4.78 is 51.9. The second-order valence-corrected chi connectivity index (χ2v) is 16.4. The molecule has 2 heterocycles. The Hall–Kier alpha value is -1.42. The molecule has 0 bridgehead atoms. The van der Waals surface area contributed by atoms with Crippen molar-refractivity contribution in [1.29, 1.82) is 0 Å². The van der Waals surface area contributed by atoms with Gasteiger partial charge in [0.25, 0.3) is 0 Å². The van der Waals surface area contributed by atoms with E-state index in [1.165, 1.54) is 22.9 Å². The number of halogens is 2. The molecular weight excluding hydrogens is 828 g/mol. The smallest absolute Gasteiger partial charge is 0.240 e. The van der Waals surface area contributed by atoms with Gasteiger partial charge in [-0.1, -0.05) is 42.1 Å². The van der Waals surface area contributed by atoms with E-state index in [2.05, 4.69) is 72.6 Å². The van der Waals surface area contributed by atoms with Gasteiger partial charge in [0.05, 0.1) is 70.0 Å². The quantitative estimate of drug-likeness (QED) is 0.129. The highest BCUT2D eigenvalue weighted by atomic mass is 127. The molecule has 0 fully saturated rings. The Bertz CT molecular complexity index is 1540. The highest BCUT2D eigenvalue weighted by Crippen LogP contribution is 2.37. The van der Waals surface area contributed by atoms with E-state index in [1.54, 1.807) is 12.1 Å². The van der Waals surface area contributed by atoms with Gasteiger partial charge >= 0.3 is 0 Å². The molecule has 2 aromatic carbocycles. The number of nitrogens with one attached hydrogen (secondary N) is 1. The summed E-state index contributed by atoms with van der Waals surface area (Å²) in [7, 11) is -1.58. The highest BCUT2D eigenvalue weighted by Gasteiger charge is 2.28. The molecule has 15 heteroatoms. The van der Waals surface area contributed by atoms with Crippen LogP contribution in [0.25, 0.3) is 0 Å². The fourth-order valence-corrected chi connectivity index (χ4v) is 9.47. The molecule has 3 N–H and O–H groups in total. The van der Waals surface area contributed by atoms with E-state index < -0.39 is 10.0 Å². The summed E-state index contributed by atoms with van der Waals surface area (Å²) in [4.78, 5) is 2.57. The van der Waals surface area contributed by atoms with Crippen molar-refractivity contribution < 1.29 is 32.8 Å². The molecule has 0 saturated heterocycles. The minimum absolute atomic E-state index is 0.102. The van der Waals surface area contributed by atoms with Crippen LogP contribution in [0.3, 0.4) is 0 Å². The summed E-state index contributed by atoms with van der Waals surface area (Å²) >= 11 is 2.22. The number of fused-ring (bicyclic) bond motifs is 1. The van der Waals surface area contributed by atoms with Crippen LogP contribution in [-0.2, 0) is 50.5 Å². The van der Waals surface area contributed by atoms with Crippen molar-refractivity contribution in [1.82, 2.24) is 24.6 Å². The number of aliphatic hydroxyl groups excluding tert-OH is 2. The van der Waals surface area contributed by atoms with Crippen LogP contribution in [0, 0.1) is 7.14 Å². The summed E-state index contributed by atoms with van der Waals surface area (Å²) in [6, 6.07) is 11.8. The lowest BCUT2D eigenvalue weighted by Crippen LogP contribution is -2.32. The summed E-state index contributed by atoms with van der Waals surface area (Å²) in [5.41, 5.74) is 4.52. The van der Waals surface area contributed by atoms with Gasteiger partial charge < -0.3 is 29.3 Å². The topological polar surface area (TPSA) is 148 Å². The first-order chi connectivity index (χ1) is 21.8. The summed E-state index contributed by atoms with van der Waals surface area (Å²) in [5.74, 6) is 0.102. The minimum Gasteiger partial charge on any atom is -0.390 e. The van der Waals surface area contributed by atoms with E-state index in [0.29, 0.717) is 51.0 Å².